The van der Waals surface area contributed by atoms with Crippen LogP contribution in [0.15, 0.2) is 40.9 Å². The smallest absolute Gasteiger partial charge is 0.101 e. The van der Waals surface area contributed by atoms with Crippen LogP contribution in [-0.2, 0) is 6.54 Å². The number of nitrogens with one attached hydrogen (secondary N) is 1. The molecule has 2 nitrogen and oxygen atoms in total. The van der Waals surface area contributed by atoms with Crippen LogP contribution in [0.2, 0.25) is 10.0 Å². The quantitative estimate of drug-likeness (QED) is 0.817. The Balaban J connectivity index is 2.19. The number of benzene rings is 2. The Kier molecular flexibility index (Phi) is 4.71. The first-order valence-corrected chi connectivity index (χ1v) is 7.02. The van der Waals surface area contributed by atoms with Crippen LogP contribution in [0, 0.1) is 11.3 Å². The van der Waals surface area contributed by atoms with Crippen molar-refractivity contribution in [2.45, 2.75) is 6.54 Å². The van der Waals surface area contributed by atoms with E-state index in [9.17, 15) is 0 Å². The summed E-state index contributed by atoms with van der Waals surface area (Å²) >= 11 is 15.4. The van der Waals surface area contributed by atoms with Crippen LogP contribution in [0.1, 0.15) is 11.1 Å². The van der Waals surface area contributed by atoms with Crippen molar-refractivity contribution in [3.8, 4) is 6.07 Å². The molecule has 0 aliphatic rings. The molecule has 0 aliphatic carbocycles. The SMILES string of the molecule is N#Cc1ccc(Cl)cc1NCc1ccc(Br)cc1Cl. The van der Waals surface area contributed by atoms with E-state index in [4.69, 9.17) is 28.5 Å². The van der Waals surface area contributed by atoms with Crippen molar-refractivity contribution in [2.75, 3.05) is 5.32 Å². The second kappa shape index (κ2) is 6.29. The second-order valence-electron chi connectivity index (χ2n) is 3.89. The Bertz CT molecular complexity index is 650. The molecule has 0 aliphatic heterocycles. The van der Waals surface area contributed by atoms with Gasteiger partial charge in [0.15, 0.2) is 0 Å². The van der Waals surface area contributed by atoms with Crippen LogP contribution in [0.25, 0.3) is 0 Å². The maximum Gasteiger partial charge on any atom is 0.101 e. The minimum Gasteiger partial charge on any atom is -0.380 e. The summed E-state index contributed by atoms with van der Waals surface area (Å²) < 4.78 is 0.932. The van der Waals surface area contributed by atoms with E-state index in [1.54, 1.807) is 18.2 Å². The lowest BCUT2D eigenvalue weighted by Crippen LogP contribution is -2.02. The first-order valence-electron chi connectivity index (χ1n) is 5.47. The van der Waals surface area contributed by atoms with Crippen molar-refractivity contribution in [3.05, 3.63) is 62.0 Å². The molecule has 0 spiro atoms. The van der Waals surface area contributed by atoms with Gasteiger partial charge in [0, 0.05) is 21.1 Å². The summed E-state index contributed by atoms with van der Waals surface area (Å²) in [4.78, 5) is 0. The monoisotopic (exact) mass is 354 g/mol. The topological polar surface area (TPSA) is 35.8 Å². The van der Waals surface area contributed by atoms with Gasteiger partial charge in [0.2, 0.25) is 0 Å². The van der Waals surface area contributed by atoms with E-state index in [1.165, 1.54) is 0 Å². The van der Waals surface area contributed by atoms with Gasteiger partial charge in [0.05, 0.1) is 11.3 Å². The summed E-state index contributed by atoms with van der Waals surface area (Å²) in [6, 6.07) is 12.9. The molecule has 2 aromatic rings. The van der Waals surface area contributed by atoms with E-state index < -0.39 is 0 Å². The molecule has 96 valence electrons. The Morgan fingerprint density at radius 3 is 2.63 bits per heavy atom. The molecule has 0 heterocycles. The molecule has 0 radical (unpaired) electrons. The first kappa shape index (κ1) is 14.2. The van der Waals surface area contributed by atoms with Gasteiger partial charge in [-0.15, -0.1) is 0 Å². The number of nitriles is 1. The lowest BCUT2D eigenvalue weighted by atomic mass is 10.1. The van der Waals surface area contributed by atoms with Gasteiger partial charge in [-0.05, 0) is 35.9 Å². The van der Waals surface area contributed by atoms with E-state index in [-0.39, 0.29) is 0 Å². The maximum absolute atomic E-state index is 9.03. The molecule has 0 saturated heterocycles. The Morgan fingerprint density at radius 2 is 1.95 bits per heavy atom. The average Bonchev–Trinajstić information content (AvgIpc) is 2.38. The maximum atomic E-state index is 9.03. The summed E-state index contributed by atoms with van der Waals surface area (Å²) in [7, 11) is 0. The van der Waals surface area contributed by atoms with Gasteiger partial charge in [-0.1, -0.05) is 45.2 Å². The van der Waals surface area contributed by atoms with Crippen LogP contribution in [-0.4, -0.2) is 0 Å². The standard InChI is InChI=1S/C14H9BrCl2N2/c15-11-3-1-10(13(17)5-11)8-19-14-6-12(16)4-2-9(14)7-18/h1-6,19H,8H2. The molecule has 5 heteroatoms. The second-order valence-corrected chi connectivity index (χ2v) is 5.65. The predicted octanol–water partition coefficient (Wildman–Crippen LogP) is 5.24. The van der Waals surface area contributed by atoms with E-state index in [1.807, 2.05) is 18.2 Å². The summed E-state index contributed by atoms with van der Waals surface area (Å²) in [5, 5.41) is 13.5. The van der Waals surface area contributed by atoms with Crippen LogP contribution >= 0.6 is 39.1 Å². The first-order chi connectivity index (χ1) is 9.10. The van der Waals surface area contributed by atoms with Crippen molar-refractivity contribution < 1.29 is 0 Å². The number of halogens is 3. The molecule has 0 unspecified atom stereocenters. The lowest BCUT2D eigenvalue weighted by molar-refractivity contribution is 1.14. The number of rotatable bonds is 3. The Labute approximate surface area is 130 Å². The summed E-state index contributed by atoms with van der Waals surface area (Å²) in [5.41, 5.74) is 2.21. The molecular weight excluding hydrogens is 347 g/mol. The number of hydrogen-bond donors (Lipinski definition) is 1. The van der Waals surface area contributed by atoms with Crippen LogP contribution in [0.5, 0.6) is 0 Å². The molecule has 0 atom stereocenters. The Hall–Kier alpha value is -1.21. The van der Waals surface area contributed by atoms with Crippen LogP contribution in [0.4, 0.5) is 5.69 Å². The van der Waals surface area contributed by atoms with E-state index in [0.29, 0.717) is 27.8 Å². The largest absolute Gasteiger partial charge is 0.380 e. The van der Waals surface area contributed by atoms with Gasteiger partial charge in [0.25, 0.3) is 0 Å². The van der Waals surface area contributed by atoms with E-state index >= 15 is 0 Å². The van der Waals surface area contributed by atoms with Crippen molar-refractivity contribution in [1.29, 1.82) is 5.26 Å². The zero-order valence-electron chi connectivity index (χ0n) is 9.75. The average molecular weight is 356 g/mol. The predicted molar refractivity (Wildman–Crippen MR) is 82.6 cm³/mol. The summed E-state index contributed by atoms with van der Waals surface area (Å²) in [6.07, 6.45) is 0. The fourth-order valence-electron chi connectivity index (χ4n) is 1.62. The third-order valence-electron chi connectivity index (χ3n) is 2.59. The van der Waals surface area contributed by atoms with Crippen LogP contribution < -0.4 is 5.32 Å². The van der Waals surface area contributed by atoms with Gasteiger partial charge in [-0.2, -0.15) is 5.26 Å². The molecule has 0 fully saturated rings. The number of hydrogen-bond acceptors (Lipinski definition) is 2. The van der Waals surface area contributed by atoms with Crippen LogP contribution in [0.3, 0.4) is 0 Å². The molecule has 2 rings (SSSR count). The molecule has 1 N–H and O–H groups in total. The third kappa shape index (κ3) is 3.63. The molecule has 0 aromatic heterocycles. The Morgan fingerprint density at radius 1 is 1.16 bits per heavy atom. The lowest BCUT2D eigenvalue weighted by Gasteiger charge is -2.10. The number of anilines is 1. The third-order valence-corrected chi connectivity index (χ3v) is 3.67. The van der Waals surface area contributed by atoms with Crippen molar-refractivity contribution in [1.82, 2.24) is 0 Å². The fourth-order valence-corrected chi connectivity index (χ4v) is 2.53. The van der Waals surface area contributed by atoms with Gasteiger partial charge in [0.1, 0.15) is 6.07 Å². The molecule has 0 bridgehead atoms. The van der Waals surface area contributed by atoms with Gasteiger partial charge >= 0.3 is 0 Å². The summed E-state index contributed by atoms with van der Waals surface area (Å²) in [6.45, 7) is 0.529. The van der Waals surface area contributed by atoms with Gasteiger partial charge < -0.3 is 5.32 Å². The highest BCUT2D eigenvalue weighted by molar-refractivity contribution is 9.10. The highest BCUT2D eigenvalue weighted by atomic mass is 79.9. The number of nitrogens with zero attached hydrogens (tertiary/aromatic N) is 1. The highest BCUT2D eigenvalue weighted by Crippen LogP contribution is 2.24. The van der Waals surface area contributed by atoms with Crippen molar-refractivity contribution in [3.63, 3.8) is 0 Å². The zero-order chi connectivity index (χ0) is 13.8. The van der Waals surface area contributed by atoms with E-state index in [2.05, 4.69) is 27.3 Å². The molecule has 0 amide bonds. The zero-order valence-corrected chi connectivity index (χ0v) is 12.9. The summed E-state index contributed by atoms with van der Waals surface area (Å²) in [5.74, 6) is 0. The van der Waals surface area contributed by atoms with Crippen molar-refractivity contribution >= 4 is 44.8 Å². The van der Waals surface area contributed by atoms with E-state index in [0.717, 1.165) is 10.0 Å². The van der Waals surface area contributed by atoms with Gasteiger partial charge in [-0.25, -0.2) is 0 Å². The minimum absolute atomic E-state index is 0.529. The molecular formula is C14H9BrCl2N2. The van der Waals surface area contributed by atoms with Gasteiger partial charge in [-0.3, -0.25) is 0 Å². The fraction of sp³-hybridized carbons (Fsp3) is 0.0714. The minimum atomic E-state index is 0.529. The molecule has 19 heavy (non-hydrogen) atoms. The van der Waals surface area contributed by atoms with Crippen molar-refractivity contribution in [2.24, 2.45) is 0 Å². The molecule has 2 aromatic carbocycles. The normalized spacial score (nSPS) is 10.0. The molecule has 0 saturated carbocycles. The highest BCUT2D eigenvalue weighted by Gasteiger charge is 2.05.